The third-order valence-corrected chi connectivity index (χ3v) is 3.74. The standard InChI is InChI=1S/C11H18Cl3N3O2S/c1-7(2)8(18)15-9(11(12,13)14)16-10(20)17-3-5-19-6-4-17/h7,9H,3-6H2,1-2H3,(H,15,18)(H,16,20)/t9-/m0/s1. The molecule has 20 heavy (non-hydrogen) atoms. The molecular weight excluding hydrogens is 345 g/mol. The first-order chi connectivity index (χ1) is 9.21. The highest BCUT2D eigenvalue weighted by molar-refractivity contribution is 7.80. The summed E-state index contributed by atoms with van der Waals surface area (Å²) in [7, 11) is 0. The Kier molecular flexibility index (Phi) is 7.08. The Morgan fingerprint density at radius 1 is 1.25 bits per heavy atom. The molecule has 1 saturated heterocycles. The molecule has 0 radical (unpaired) electrons. The van der Waals surface area contributed by atoms with E-state index >= 15 is 0 Å². The van der Waals surface area contributed by atoms with Gasteiger partial charge in [0.2, 0.25) is 9.70 Å². The number of halogens is 3. The molecule has 0 aromatic rings. The summed E-state index contributed by atoms with van der Waals surface area (Å²) in [5.41, 5.74) is 0. The molecule has 1 aliphatic rings. The fraction of sp³-hybridized carbons (Fsp3) is 0.818. The van der Waals surface area contributed by atoms with Crippen molar-refractivity contribution in [3.63, 3.8) is 0 Å². The van der Waals surface area contributed by atoms with Crippen molar-refractivity contribution in [1.29, 1.82) is 0 Å². The number of morpholine rings is 1. The summed E-state index contributed by atoms with van der Waals surface area (Å²) in [5, 5.41) is 5.95. The van der Waals surface area contributed by atoms with Crippen LogP contribution in [0.15, 0.2) is 0 Å². The number of amides is 1. The molecule has 0 aromatic carbocycles. The maximum Gasteiger partial charge on any atom is 0.228 e. The van der Waals surface area contributed by atoms with Crippen LogP contribution in [0.5, 0.6) is 0 Å². The molecule has 5 nitrogen and oxygen atoms in total. The molecule has 1 heterocycles. The molecule has 0 aliphatic carbocycles. The van der Waals surface area contributed by atoms with E-state index in [-0.39, 0.29) is 11.8 Å². The zero-order valence-electron chi connectivity index (χ0n) is 11.3. The predicted octanol–water partition coefficient (Wildman–Crippen LogP) is 1.66. The molecule has 0 unspecified atom stereocenters. The van der Waals surface area contributed by atoms with Crippen LogP contribution in [0.3, 0.4) is 0 Å². The second kappa shape index (κ2) is 7.84. The average Bonchev–Trinajstić information content (AvgIpc) is 2.37. The van der Waals surface area contributed by atoms with Crippen molar-refractivity contribution in [2.45, 2.75) is 23.8 Å². The van der Waals surface area contributed by atoms with Gasteiger partial charge in [-0.3, -0.25) is 4.79 Å². The number of carbonyl (C=O) groups excluding carboxylic acids is 1. The quantitative estimate of drug-likeness (QED) is 0.454. The highest BCUT2D eigenvalue weighted by Gasteiger charge is 2.35. The molecule has 0 bridgehead atoms. The van der Waals surface area contributed by atoms with Crippen LogP contribution in [0, 0.1) is 5.92 Å². The lowest BCUT2D eigenvalue weighted by molar-refractivity contribution is -0.124. The van der Waals surface area contributed by atoms with Crippen LogP contribution in [0.1, 0.15) is 13.8 Å². The highest BCUT2D eigenvalue weighted by Crippen LogP contribution is 2.29. The molecule has 2 N–H and O–H groups in total. The van der Waals surface area contributed by atoms with Crippen LogP contribution in [0.2, 0.25) is 0 Å². The number of ether oxygens (including phenoxy) is 1. The first kappa shape index (κ1) is 18.0. The Labute approximate surface area is 139 Å². The molecule has 1 amide bonds. The minimum absolute atomic E-state index is 0.219. The molecule has 1 aliphatic heterocycles. The average molecular weight is 363 g/mol. The maximum absolute atomic E-state index is 11.8. The number of hydrogen-bond donors (Lipinski definition) is 2. The summed E-state index contributed by atoms with van der Waals surface area (Å²) in [6.07, 6.45) is -0.891. The Morgan fingerprint density at radius 3 is 2.25 bits per heavy atom. The van der Waals surface area contributed by atoms with Crippen molar-refractivity contribution in [1.82, 2.24) is 15.5 Å². The Balaban J connectivity index is 2.64. The van der Waals surface area contributed by atoms with Crippen LogP contribution in [0.25, 0.3) is 0 Å². The second-order valence-electron chi connectivity index (χ2n) is 4.69. The van der Waals surface area contributed by atoms with Crippen molar-refractivity contribution in [3.05, 3.63) is 0 Å². The van der Waals surface area contributed by atoms with Gasteiger partial charge in [0.15, 0.2) is 5.11 Å². The van der Waals surface area contributed by atoms with Crippen molar-refractivity contribution < 1.29 is 9.53 Å². The molecule has 0 aromatic heterocycles. The Morgan fingerprint density at radius 2 is 1.80 bits per heavy atom. The fourth-order valence-corrected chi connectivity index (χ4v) is 2.12. The molecule has 1 fully saturated rings. The van der Waals surface area contributed by atoms with Crippen LogP contribution < -0.4 is 10.6 Å². The van der Waals surface area contributed by atoms with Gasteiger partial charge in [0.05, 0.1) is 13.2 Å². The molecule has 0 spiro atoms. The number of nitrogens with zero attached hydrogens (tertiary/aromatic N) is 1. The Hall–Kier alpha value is -0.0100. The van der Waals surface area contributed by atoms with Gasteiger partial charge in [0.25, 0.3) is 0 Å². The predicted molar refractivity (Wildman–Crippen MR) is 85.2 cm³/mol. The minimum atomic E-state index is -1.71. The van der Waals surface area contributed by atoms with E-state index in [2.05, 4.69) is 10.6 Å². The zero-order valence-corrected chi connectivity index (χ0v) is 14.4. The molecule has 9 heteroatoms. The van der Waals surface area contributed by atoms with Crippen LogP contribution in [0.4, 0.5) is 0 Å². The van der Waals surface area contributed by atoms with Gasteiger partial charge in [-0.05, 0) is 12.2 Å². The van der Waals surface area contributed by atoms with Crippen LogP contribution in [-0.4, -0.2) is 52.2 Å². The molecular formula is C11H18Cl3N3O2S. The van der Waals surface area contributed by atoms with E-state index < -0.39 is 9.96 Å². The summed E-state index contributed by atoms with van der Waals surface area (Å²) in [6, 6.07) is 0. The summed E-state index contributed by atoms with van der Waals surface area (Å²) >= 11 is 22.9. The lowest BCUT2D eigenvalue weighted by atomic mass is 10.2. The van der Waals surface area contributed by atoms with E-state index in [1.54, 1.807) is 13.8 Å². The monoisotopic (exact) mass is 361 g/mol. The van der Waals surface area contributed by atoms with Crippen molar-refractivity contribution >= 4 is 58.0 Å². The lowest BCUT2D eigenvalue weighted by Crippen LogP contribution is -2.59. The number of carbonyl (C=O) groups is 1. The fourth-order valence-electron chi connectivity index (χ4n) is 1.49. The van der Waals surface area contributed by atoms with Crippen molar-refractivity contribution in [2.75, 3.05) is 26.3 Å². The summed E-state index contributed by atoms with van der Waals surface area (Å²) in [4.78, 5) is 13.7. The molecule has 116 valence electrons. The van der Waals surface area contributed by atoms with E-state index in [1.165, 1.54) is 0 Å². The van der Waals surface area contributed by atoms with Crippen LogP contribution >= 0.6 is 47.0 Å². The molecule has 1 rings (SSSR count). The highest BCUT2D eigenvalue weighted by atomic mass is 35.6. The van der Waals surface area contributed by atoms with Gasteiger partial charge in [-0.15, -0.1) is 0 Å². The zero-order chi connectivity index (χ0) is 15.3. The first-order valence-electron chi connectivity index (χ1n) is 6.22. The van der Waals surface area contributed by atoms with Crippen LogP contribution in [-0.2, 0) is 9.53 Å². The minimum Gasteiger partial charge on any atom is -0.378 e. The third-order valence-electron chi connectivity index (χ3n) is 2.70. The summed E-state index contributed by atoms with van der Waals surface area (Å²) in [5.74, 6) is -0.442. The summed E-state index contributed by atoms with van der Waals surface area (Å²) in [6.45, 7) is 6.03. The largest absolute Gasteiger partial charge is 0.378 e. The lowest BCUT2D eigenvalue weighted by Gasteiger charge is -2.34. The normalized spacial score (nSPS) is 17.8. The van der Waals surface area contributed by atoms with E-state index in [9.17, 15) is 4.79 Å². The topological polar surface area (TPSA) is 53.6 Å². The maximum atomic E-state index is 11.8. The van der Waals surface area contributed by atoms with Gasteiger partial charge in [-0.1, -0.05) is 48.7 Å². The van der Waals surface area contributed by atoms with Gasteiger partial charge in [0.1, 0.15) is 6.17 Å². The molecule has 0 saturated carbocycles. The number of hydrogen-bond acceptors (Lipinski definition) is 3. The van der Waals surface area contributed by atoms with Gasteiger partial charge in [0, 0.05) is 19.0 Å². The van der Waals surface area contributed by atoms with Gasteiger partial charge in [-0.2, -0.15) is 0 Å². The third kappa shape index (κ3) is 5.77. The van der Waals surface area contributed by atoms with Gasteiger partial charge in [-0.25, -0.2) is 0 Å². The van der Waals surface area contributed by atoms with Crippen molar-refractivity contribution in [3.8, 4) is 0 Å². The SMILES string of the molecule is CC(C)C(=O)N[C@@H](NC(=S)N1CCOCC1)C(Cl)(Cl)Cl. The molecule has 1 atom stereocenters. The Bertz CT molecular complexity index is 357. The van der Waals surface area contributed by atoms with E-state index in [4.69, 9.17) is 51.8 Å². The van der Waals surface area contributed by atoms with E-state index in [0.29, 0.717) is 31.4 Å². The van der Waals surface area contributed by atoms with E-state index in [0.717, 1.165) is 0 Å². The number of nitrogens with one attached hydrogen (secondary N) is 2. The van der Waals surface area contributed by atoms with Gasteiger partial charge < -0.3 is 20.3 Å². The number of rotatable bonds is 3. The van der Waals surface area contributed by atoms with E-state index in [1.807, 2.05) is 4.90 Å². The van der Waals surface area contributed by atoms with Crippen molar-refractivity contribution in [2.24, 2.45) is 5.92 Å². The number of alkyl halides is 3. The first-order valence-corrected chi connectivity index (χ1v) is 7.76. The summed E-state index contributed by atoms with van der Waals surface area (Å²) < 4.78 is 3.53. The number of thiocarbonyl (C=S) groups is 1. The smallest absolute Gasteiger partial charge is 0.228 e. The van der Waals surface area contributed by atoms with Gasteiger partial charge >= 0.3 is 0 Å². The second-order valence-corrected chi connectivity index (χ2v) is 7.44.